The van der Waals surface area contributed by atoms with Crippen molar-refractivity contribution in [1.82, 2.24) is 5.32 Å². The van der Waals surface area contributed by atoms with Crippen molar-refractivity contribution in [3.63, 3.8) is 0 Å². The molecule has 0 saturated heterocycles. The fraction of sp³-hybridized carbons (Fsp3) is 0.250. The van der Waals surface area contributed by atoms with Crippen molar-refractivity contribution < 1.29 is 19.1 Å². The van der Waals surface area contributed by atoms with E-state index < -0.39 is 11.4 Å². The number of benzene rings is 2. The summed E-state index contributed by atoms with van der Waals surface area (Å²) < 4.78 is 5.29. The average Bonchev–Trinajstić information content (AvgIpc) is 2.60. The number of para-hydroxylation sites is 1. The molecule has 0 unspecified atom stereocenters. The number of carbonyl (C=O) groups excluding carboxylic acids is 3. The summed E-state index contributed by atoms with van der Waals surface area (Å²) in [5.41, 5.74) is 1.16. The fourth-order valence-corrected chi connectivity index (χ4v) is 2.62. The van der Waals surface area contributed by atoms with Crippen LogP contribution >= 0.6 is 0 Å². The summed E-state index contributed by atoms with van der Waals surface area (Å²) in [4.78, 5) is 36.6. The smallest absolute Gasteiger partial charge is 0.262 e. The summed E-state index contributed by atoms with van der Waals surface area (Å²) in [6.45, 7) is 5.61. The first-order chi connectivity index (χ1) is 12.7. The van der Waals surface area contributed by atoms with Crippen LogP contribution in [-0.2, 0) is 4.79 Å². The summed E-state index contributed by atoms with van der Waals surface area (Å²) in [5, 5.41) is 8.30. The normalized spacial score (nSPS) is 13.1. The first kappa shape index (κ1) is 18.4. The van der Waals surface area contributed by atoms with E-state index in [0.29, 0.717) is 28.3 Å². The highest BCUT2D eigenvalue weighted by Gasteiger charge is 2.21. The molecule has 3 N–H and O–H groups in total. The van der Waals surface area contributed by atoms with Crippen LogP contribution in [0.4, 0.5) is 11.4 Å². The van der Waals surface area contributed by atoms with Crippen LogP contribution in [-0.4, -0.2) is 29.9 Å². The summed E-state index contributed by atoms with van der Waals surface area (Å²) >= 11 is 0. The molecule has 2 aromatic carbocycles. The molecule has 7 nitrogen and oxygen atoms in total. The van der Waals surface area contributed by atoms with Gasteiger partial charge in [-0.1, -0.05) is 12.1 Å². The van der Waals surface area contributed by atoms with Gasteiger partial charge in [0.05, 0.1) is 16.9 Å². The summed E-state index contributed by atoms with van der Waals surface area (Å²) in [5.74, 6) is -0.432. The first-order valence-corrected chi connectivity index (χ1v) is 8.52. The predicted octanol–water partition coefficient (Wildman–Crippen LogP) is 2.80. The molecule has 0 radical (unpaired) electrons. The monoisotopic (exact) mass is 367 g/mol. The van der Waals surface area contributed by atoms with Gasteiger partial charge in [-0.05, 0) is 51.1 Å². The van der Waals surface area contributed by atoms with Crippen molar-refractivity contribution in [3.05, 3.63) is 53.6 Å². The second-order valence-corrected chi connectivity index (χ2v) is 7.25. The van der Waals surface area contributed by atoms with Crippen molar-refractivity contribution in [3.8, 4) is 5.75 Å². The van der Waals surface area contributed by atoms with Crippen LogP contribution in [0.15, 0.2) is 42.5 Å². The van der Waals surface area contributed by atoms with E-state index in [-0.39, 0.29) is 18.4 Å². The summed E-state index contributed by atoms with van der Waals surface area (Å²) in [7, 11) is 0. The third-order valence-electron chi connectivity index (χ3n) is 3.78. The zero-order valence-electron chi connectivity index (χ0n) is 15.4. The Hall–Kier alpha value is -3.35. The molecule has 7 heteroatoms. The van der Waals surface area contributed by atoms with Crippen LogP contribution in [0.1, 0.15) is 41.5 Å². The van der Waals surface area contributed by atoms with Crippen LogP contribution < -0.4 is 20.7 Å². The number of hydrogen-bond acceptors (Lipinski definition) is 4. The topological polar surface area (TPSA) is 96.5 Å². The van der Waals surface area contributed by atoms with Crippen LogP contribution in [0.5, 0.6) is 5.75 Å². The minimum atomic E-state index is -0.398. The molecule has 140 valence electrons. The molecule has 27 heavy (non-hydrogen) atoms. The molecular formula is C20H21N3O4. The second kappa shape index (κ2) is 7.11. The molecule has 0 bridgehead atoms. The highest BCUT2D eigenvalue weighted by atomic mass is 16.5. The van der Waals surface area contributed by atoms with E-state index in [1.807, 2.05) is 20.8 Å². The maximum atomic E-state index is 12.6. The van der Waals surface area contributed by atoms with E-state index in [9.17, 15) is 14.4 Å². The molecule has 2 aromatic rings. The molecule has 0 spiro atoms. The van der Waals surface area contributed by atoms with Crippen molar-refractivity contribution in [1.29, 1.82) is 0 Å². The number of anilines is 2. The fourth-order valence-electron chi connectivity index (χ4n) is 2.62. The van der Waals surface area contributed by atoms with Gasteiger partial charge in [0, 0.05) is 11.1 Å². The lowest BCUT2D eigenvalue weighted by Gasteiger charge is -2.21. The number of fused-ring (bicyclic) bond motifs is 1. The molecule has 3 rings (SSSR count). The Balaban J connectivity index is 1.82. The van der Waals surface area contributed by atoms with Gasteiger partial charge in [0.1, 0.15) is 5.75 Å². The number of ether oxygens (including phenoxy) is 1. The quantitative estimate of drug-likeness (QED) is 0.777. The molecule has 0 saturated carbocycles. The highest BCUT2D eigenvalue weighted by Crippen LogP contribution is 2.29. The Morgan fingerprint density at radius 3 is 2.56 bits per heavy atom. The van der Waals surface area contributed by atoms with Gasteiger partial charge in [0.2, 0.25) is 0 Å². The van der Waals surface area contributed by atoms with E-state index in [4.69, 9.17) is 4.74 Å². The van der Waals surface area contributed by atoms with Crippen molar-refractivity contribution >= 4 is 29.1 Å². The van der Waals surface area contributed by atoms with Gasteiger partial charge < -0.3 is 20.7 Å². The molecule has 0 atom stereocenters. The molecule has 0 aliphatic carbocycles. The third-order valence-corrected chi connectivity index (χ3v) is 3.78. The third kappa shape index (κ3) is 4.44. The Bertz CT molecular complexity index is 916. The zero-order valence-corrected chi connectivity index (χ0v) is 15.4. The van der Waals surface area contributed by atoms with Gasteiger partial charge >= 0.3 is 0 Å². The van der Waals surface area contributed by atoms with Gasteiger partial charge in [0.25, 0.3) is 17.7 Å². The molecule has 1 aliphatic rings. The van der Waals surface area contributed by atoms with Crippen LogP contribution in [0.2, 0.25) is 0 Å². The number of nitrogens with one attached hydrogen (secondary N) is 3. The van der Waals surface area contributed by atoms with Crippen molar-refractivity contribution in [2.24, 2.45) is 0 Å². The number of hydrogen-bond donors (Lipinski definition) is 3. The van der Waals surface area contributed by atoms with E-state index >= 15 is 0 Å². The van der Waals surface area contributed by atoms with Gasteiger partial charge in [0.15, 0.2) is 6.61 Å². The number of carbonyl (C=O) groups is 3. The number of rotatable bonds is 3. The SMILES string of the molecule is CC(C)(C)NC(=O)c1ccccc1NC(=O)c1ccc2c(c1)NC(=O)CO2. The van der Waals surface area contributed by atoms with E-state index in [1.165, 1.54) is 0 Å². The molecule has 0 fully saturated rings. The van der Waals surface area contributed by atoms with Crippen molar-refractivity contribution in [2.75, 3.05) is 17.2 Å². The lowest BCUT2D eigenvalue weighted by Crippen LogP contribution is -2.40. The molecule has 3 amide bonds. The van der Waals surface area contributed by atoms with Gasteiger partial charge in [-0.3, -0.25) is 14.4 Å². The Morgan fingerprint density at radius 2 is 1.81 bits per heavy atom. The Labute approximate surface area is 157 Å². The van der Waals surface area contributed by atoms with Gasteiger partial charge in [-0.2, -0.15) is 0 Å². The first-order valence-electron chi connectivity index (χ1n) is 8.52. The largest absolute Gasteiger partial charge is 0.482 e. The van der Waals surface area contributed by atoms with Gasteiger partial charge in [-0.15, -0.1) is 0 Å². The maximum Gasteiger partial charge on any atom is 0.262 e. The molecule has 1 aliphatic heterocycles. The lowest BCUT2D eigenvalue weighted by molar-refractivity contribution is -0.118. The zero-order chi connectivity index (χ0) is 19.6. The standard InChI is InChI=1S/C20H21N3O4/c1-20(2,3)23-19(26)13-6-4-5-7-14(13)22-18(25)12-8-9-16-15(10-12)21-17(24)11-27-16/h4-10H,11H2,1-3H3,(H,21,24)(H,22,25)(H,23,26). The molecule has 1 heterocycles. The van der Waals surface area contributed by atoms with Crippen LogP contribution in [0.3, 0.4) is 0 Å². The Morgan fingerprint density at radius 1 is 1.07 bits per heavy atom. The minimum absolute atomic E-state index is 0.0468. The minimum Gasteiger partial charge on any atom is -0.482 e. The van der Waals surface area contributed by atoms with Gasteiger partial charge in [-0.25, -0.2) is 0 Å². The predicted molar refractivity (Wildman–Crippen MR) is 102 cm³/mol. The molecular weight excluding hydrogens is 346 g/mol. The van der Waals surface area contributed by atoms with Crippen LogP contribution in [0.25, 0.3) is 0 Å². The lowest BCUT2D eigenvalue weighted by atomic mass is 10.1. The highest BCUT2D eigenvalue weighted by molar-refractivity contribution is 6.10. The van der Waals surface area contributed by atoms with Crippen molar-refractivity contribution in [2.45, 2.75) is 26.3 Å². The summed E-state index contributed by atoms with van der Waals surface area (Å²) in [6, 6.07) is 11.6. The van der Waals surface area contributed by atoms with E-state index in [0.717, 1.165) is 0 Å². The van der Waals surface area contributed by atoms with E-state index in [2.05, 4.69) is 16.0 Å². The average molecular weight is 367 g/mol. The second-order valence-electron chi connectivity index (χ2n) is 7.25. The molecule has 0 aromatic heterocycles. The van der Waals surface area contributed by atoms with Crippen LogP contribution in [0, 0.1) is 0 Å². The summed E-state index contributed by atoms with van der Waals surface area (Å²) in [6.07, 6.45) is 0. The maximum absolute atomic E-state index is 12.6. The Kier molecular flexibility index (Phi) is 4.85. The number of amides is 3. The van der Waals surface area contributed by atoms with E-state index in [1.54, 1.807) is 42.5 Å².